The van der Waals surface area contributed by atoms with Crippen molar-refractivity contribution >= 4 is 17.5 Å². The van der Waals surface area contributed by atoms with Gasteiger partial charge in [0.1, 0.15) is 11.5 Å². The molecule has 1 heterocycles. The smallest absolute Gasteiger partial charge is 0.258 e. The molecule has 0 saturated carbocycles. The summed E-state index contributed by atoms with van der Waals surface area (Å²) < 4.78 is 10.8. The van der Waals surface area contributed by atoms with Gasteiger partial charge < -0.3 is 14.8 Å². The number of hydrogen-bond donors (Lipinski definition) is 1. The van der Waals surface area contributed by atoms with Gasteiger partial charge in [-0.15, -0.1) is 0 Å². The normalized spacial score (nSPS) is 15.6. The van der Waals surface area contributed by atoms with Gasteiger partial charge in [-0.2, -0.15) is 0 Å². The number of benzene rings is 2. The summed E-state index contributed by atoms with van der Waals surface area (Å²) in [4.78, 5) is 14.8. The average molecular weight is 403 g/mol. The minimum absolute atomic E-state index is 0.0565. The number of nitrogens with zero attached hydrogens (tertiary/aromatic N) is 1. The summed E-state index contributed by atoms with van der Waals surface area (Å²) >= 11 is 6.07. The van der Waals surface area contributed by atoms with E-state index in [1.807, 2.05) is 24.3 Å². The summed E-state index contributed by atoms with van der Waals surface area (Å²) in [6.07, 6.45) is 3.65. The van der Waals surface area contributed by atoms with Gasteiger partial charge in [0.05, 0.1) is 18.2 Å². The molecule has 1 aliphatic rings. The molecule has 0 aromatic heterocycles. The number of hydrogen-bond acceptors (Lipinski definition) is 4. The van der Waals surface area contributed by atoms with Gasteiger partial charge in [-0.25, -0.2) is 0 Å². The van der Waals surface area contributed by atoms with Crippen LogP contribution in [0.15, 0.2) is 48.5 Å². The van der Waals surface area contributed by atoms with E-state index in [0.717, 1.165) is 18.8 Å². The first-order chi connectivity index (χ1) is 13.7. The predicted octanol–water partition coefficient (Wildman–Crippen LogP) is 4.07. The third kappa shape index (κ3) is 5.63. The fourth-order valence-electron chi connectivity index (χ4n) is 3.48. The van der Waals surface area contributed by atoms with Crippen LogP contribution in [0.4, 0.5) is 0 Å². The highest BCUT2D eigenvalue weighted by Crippen LogP contribution is 2.26. The average Bonchev–Trinajstić information content (AvgIpc) is 2.74. The van der Waals surface area contributed by atoms with Gasteiger partial charge >= 0.3 is 0 Å². The van der Waals surface area contributed by atoms with Crippen LogP contribution in [-0.2, 0) is 4.79 Å². The Kier molecular flexibility index (Phi) is 7.57. The van der Waals surface area contributed by atoms with Crippen molar-refractivity contribution in [3.05, 3.63) is 59.1 Å². The van der Waals surface area contributed by atoms with E-state index in [1.165, 1.54) is 24.8 Å². The summed E-state index contributed by atoms with van der Waals surface area (Å²) in [6, 6.07) is 15.4. The standard InChI is InChI=1S/C22H27ClN2O3/c1-27-18-11-9-17(10-12-18)20(25-13-5-2-6-14-25)15-24-22(26)16-28-21-8-4-3-7-19(21)23/h3-4,7-12,20H,2,5-6,13-16H2,1H3,(H,24,26)/t20-/m1/s1. The van der Waals surface area contributed by atoms with E-state index >= 15 is 0 Å². The first kappa shape index (κ1) is 20.5. The van der Waals surface area contributed by atoms with E-state index < -0.39 is 0 Å². The lowest BCUT2D eigenvalue weighted by molar-refractivity contribution is -0.123. The van der Waals surface area contributed by atoms with Gasteiger partial charge in [0.25, 0.3) is 5.91 Å². The fourth-order valence-corrected chi connectivity index (χ4v) is 3.67. The lowest BCUT2D eigenvalue weighted by Crippen LogP contribution is -2.41. The number of rotatable bonds is 8. The molecule has 0 spiro atoms. The molecule has 1 N–H and O–H groups in total. The number of para-hydroxylation sites is 1. The number of piperidine rings is 1. The molecular formula is C22H27ClN2O3. The van der Waals surface area contributed by atoms with Crippen LogP contribution in [0.1, 0.15) is 30.9 Å². The quantitative estimate of drug-likeness (QED) is 0.723. The molecule has 2 aromatic carbocycles. The van der Waals surface area contributed by atoms with E-state index in [0.29, 0.717) is 17.3 Å². The van der Waals surface area contributed by atoms with Crippen molar-refractivity contribution in [2.24, 2.45) is 0 Å². The predicted molar refractivity (Wildman–Crippen MR) is 111 cm³/mol. The summed E-state index contributed by atoms with van der Waals surface area (Å²) in [7, 11) is 1.66. The Balaban J connectivity index is 1.60. The van der Waals surface area contributed by atoms with Crippen molar-refractivity contribution in [1.29, 1.82) is 0 Å². The fraction of sp³-hybridized carbons (Fsp3) is 0.409. The van der Waals surface area contributed by atoms with E-state index in [-0.39, 0.29) is 18.6 Å². The first-order valence-electron chi connectivity index (χ1n) is 9.69. The van der Waals surface area contributed by atoms with Crippen LogP contribution in [0, 0.1) is 0 Å². The molecule has 5 nitrogen and oxygen atoms in total. The molecule has 28 heavy (non-hydrogen) atoms. The number of carbonyl (C=O) groups excluding carboxylic acids is 1. The first-order valence-corrected chi connectivity index (χ1v) is 10.1. The molecule has 1 saturated heterocycles. The molecular weight excluding hydrogens is 376 g/mol. The maximum Gasteiger partial charge on any atom is 0.258 e. The number of nitrogens with one attached hydrogen (secondary N) is 1. The Morgan fingerprint density at radius 3 is 2.50 bits per heavy atom. The number of amides is 1. The minimum atomic E-state index is -0.157. The summed E-state index contributed by atoms with van der Waals surface area (Å²) in [5, 5.41) is 3.52. The van der Waals surface area contributed by atoms with Crippen LogP contribution in [0.5, 0.6) is 11.5 Å². The minimum Gasteiger partial charge on any atom is -0.497 e. The van der Waals surface area contributed by atoms with Gasteiger partial charge in [-0.1, -0.05) is 42.3 Å². The third-order valence-corrected chi connectivity index (χ3v) is 5.33. The van der Waals surface area contributed by atoms with Crippen molar-refractivity contribution in [3.63, 3.8) is 0 Å². The molecule has 6 heteroatoms. The second-order valence-corrected chi connectivity index (χ2v) is 7.32. The van der Waals surface area contributed by atoms with Crippen LogP contribution < -0.4 is 14.8 Å². The molecule has 2 aromatic rings. The van der Waals surface area contributed by atoms with Crippen LogP contribution >= 0.6 is 11.6 Å². The number of ether oxygens (including phenoxy) is 2. The number of halogens is 1. The van der Waals surface area contributed by atoms with Crippen molar-refractivity contribution in [3.8, 4) is 11.5 Å². The van der Waals surface area contributed by atoms with Crippen molar-refractivity contribution < 1.29 is 14.3 Å². The molecule has 3 rings (SSSR count). The number of likely N-dealkylation sites (tertiary alicyclic amines) is 1. The van der Waals surface area contributed by atoms with Crippen LogP contribution in [-0.4, -0.2) is 44.2 Å². The van der Waals surface area contributed by atoms with Gasteiger partial charge in [0.15, 0.2) is 6.61 Å². The SMILES string of the molecule is COc1ccc([C@@H](CNC(=O)COc2ccccc2Cl)N2CCCCC2)cc1. The van der Waals surface area contributed by atoms with Gasteiger partial charge in [0.2, 0.25) is 0 Å². The highest BCUT2D eigenvalue weighted by molar-refractivity contribution is 6.32. The van der Waals surface area contributed by atoms with E-state index in [1.54, 1.807) is 19.2 Å². The largest absolute Gasteiger partial charge is 0.497 e. The van der Waals surface area contributed by atoms with E-state index in [4.69, 9.17) is 21.1 Å². The van der Waals surface area contributed by atoms with Crippen LogP contribution in [0.2, 0.25) is 5.02 Å². The Bertz CT molecular complexity index is 761. The second-order valence-electron chi connectivity index (χ2n) is 6.91. The molecule has 1 atom stereocenters. The molecule has 0 radical (unpaired) electrons. The van der Waals surface area contributed by atoms with Crippen LogP contribution in [0.3, 0.4) is 0 Å². The molecule has 0 unspecified atom stereocenters. The van der Waals surface area contributed by atoms with Crippen molar-refractivity contribution in [1.82, 2.24) is 10.2 Å². The van der Waals surface area contributed by atoms with Gasteiger partial charge in [-0.3, -0.25) is 9.69 Å². The molecule has 150 valence electrons. The van der Waals surface area contributed by atoms with E-state index in [2.05, 4.69) is 22.3 Å². The Morgan fingerprint density at radius 1 is 1.11 bits per heavy atom. The monoisotopic (exact) mass is 402 g/mol. The molecule has 1 fully saturated rings. The summed E-state index contributed by atoms with van der Waals surface area (Å²) in [5.74, 6) is 1.19. The number of methoxy groups -OCH3 is 1. The lowest BCUT2D eigenvalue weighted by atomic mass is 10.0. The zero-order valence-corrected chi connectivity index (χ0v) is 17.0. The third-order valence-electron chi connectivity index (χ3n) is 5.02. The number of carbonyl (C=O) groups is 1. The zero-order valence-electron chi connectivity index (χ0n) is 16.2. The summed E-state index contributed by atoms with van der Waals surface area (Å²) in [5.41, 5.74) is 1.18. The second kappa shape index (κ2) is 10.3. The van der Waals surface area contributed by atoms with Gasteiger partial charge in [0, 0.05) is 6.54 Å². The maximum atomic E-state index is 12.3. The molecule has 1 aliphatic heterocycles. The maximum absolute atomic E-state index is 12.3. The Labute approximate surface area is 171 Å². The Hall–Kier alpha value is -2.24. The van der Waals surface area contributed by atoms with E-state index in [9.17, 15) is 4.79 Å². The molecule has 0 aliphatic carbocycles. The Morgan fingerprint density at radius 2 is 1.82 bits per heavy atom. The zero-order chi connectivity index (χ0) is 19.8. The highest BCUT2D eigenvalue weighted by atomic mass is 35.5. The highest BCUT2D eigenvalue weighted by Gasteiger charge is 2.23. The summed E-state index contributed by atoms with van der Waals surface area (Å²) in [6.45, 7) is 2.57. The van der Waals surface area contributed by atoms with Crippen molar-refractivity contribution in [2.75, 3.05) is 33.4 Å². The molecule has 0 bridgehead atoms. The topological polar surface area (TPSA) is 50.8 Å². The van der Waals surface area contributed by atoms with Crippen LogP contribution in [0.25, 0.3) is 0 Å². The lowest BCUT2D eigenvalue weighted by Gasteiger charge is -2.35. The van der Waals surface area contributed by atoms with Gasteiger partial charge in [-0.05, 0) is 55.8 Å². The molecule has 1 amide bonds. The van der Waals surface area contributed by atoms with Crippen molar-refractivity contribution in [2.45, 2.75) is 25.3 Å².